The molecule has 0 radical (unpaired) electrons. The smallest absolute Gasteiger partial charge is 0.00963 e. The molecule has 3 nitrogen and oxygen atoms in total. The molecular weight excluding hydrogens is 294 g/mol. The molecule has 4 unspecified atom stereocenters. The number of likely N-dealkylation sites (tertiary alicyclic amines) is 2. The Labute approximate surface area is 149 Å². The van der Waals surface area contributed by atoms with Gasteiger partial charge in [-0.3, -0.25) is 0 Å². The van der Waals surface area contributed by atoms with Crippen molar-refractivity contribution in [3.05, 3.63) is 0 Å². The Morgan fingerprint density at radius 2 is 0.875 bits per heavy atom. The topological polar surface area (TPSA) is 9.72 Å². The van der Waals surface area contributed by atoms with Gasteiger partial charge in [0.2, 0.25) is 0 Å². The lowest BCUT2D eigenvalue weighted by Crippen LogP contribution is -2.27. The first-order chi connectivity index (χ1) is 11.6. The maximum atomic E-state index is 2.56. The zero-order chi connectivity index (χ0) is 16.7. The zero-order valence-electron chi connectivity index (χ0n) is 16.3. The Morgan fingerprint density at radius 1 is 0.500 bits per heavy atom. The fraction of sp³-hybridized carbons (Fsp3) is 1.00. The predicted molar refractivity (Wildman–Crippen MR) is 101 cm³/mol. The summed E-state index contributed by atoms with van der Waals surface area (Å²) in [7, 11) is 6.78. The van der Waals surface area contributed by atoms with Crippen LogP contribution in [0.25, 0.3) is 0 Å². The van der Waals surface area contributed by atoms with E-state index in [9.17, 15) is 0 Å². The Hall–Kier alpha value is -0.120. The molecule has 0 spiro atoms. The van der Waals surface area contributed by atoms with Crippen LogP contribution >= 0.6 is 0 Å². The molecule has 4 atom stereocenters. The summed E-state index contributed by atoms with van der Waals surface area (Å²) in [5.41, 5.74) is 0. The number of hydrogen-bond acceptors (Lipinski definition) is 3. The number of nitrogens with zero attached hydrogens (tertiary/aromatic N) is 3. The van der Waals surface area contributed by atoms with Crippen molar-refractivity contribution in [2.24, 2.45) is 11.8 Å². The van der Waals surface area contributed by atoms with Crippen molar-refractivity contribution in [2.45, 2.75) is 88.4 Å². The summed E-state index contributed by atoms with van der Waals surface area (Å²) < 4.78 is 0. The van der Waals surface area contributed by atoms with Crippen molar-refractivity contribution >= 4 is 0 Å². The Morgan fingerprint density at radius 3 is 1.00 bits per heavy atom. The molecule has 2 aliphatic carbocycles. The van der Waals surface area contributed by atoms with Gasteiger partial charge in [0.15, 0.2) is 0 Å². The van der Waals surface area contributed by atoms with Gasteiger partial charge >= 0.3 is 0 Å². The van der Waals surface area contributed by atoms with Gasteiger partial charge in [-0.15, -0.1) is 0 Å². The molecule has 0 N–H and O–H groups in total. The fourth-order valence-corrected chi connectivity index (χ4v) is 6.51. The Kier molecular flexibility index (Phi) is 5.22. The van der Waals surface area contributed by atoms with Gasteiger partial charge in [0.05, 0.1) is 0 Å². The Bertz CT molecular complexity index is 375. The zero-order valence-corrected chi connectivity index (χ0v) is 16.3. The molecule has 6 bridgehead atoms. The van der Waals surface area contributed by atoms with E-state index in [-0.39, 0.29) is 0 Å². The van der Waals surface area contributed by atoms with Crippen molar-refractivity contribution in [1.82, 2.24) is 14.7 Å². The minimum absolute atomic E-state index is 0.972. The van der Waals surface area contributed by atoms with E-state index in [1.807, 2.05) is 0 Å². The van der Waals surface area contributed by atoms with E-state index >= 15 is 0 Å². The standard InChI is InChI=1S/3C7H13N/c2*1-8-5-6-2-3-7(8)4-6;1-8-6-2-3-7(8)5-4-6/h3*6-7H,2-5H2,1H3. The highest BCUT2D eigenvalue weighted by atomic mass is 15.2. The lowest BCUT2D eigenvalue weighted by molar-refractivity contribution is 0.261. The van der Waals surface area contributed by atoms with E-state index in [0.29, 0.717) is 0 Å². The molecule has 0 amide bonds. The molecule has 0 aromatic heterocycles. The molecule has 6 aliphatic rings. The lowest BCUT2D eigenvalue weighted by Gasteiger charge is -2.20. The monoisotopic (exact) mass is 333 g/mol. The molecule has 2 saturated carbocycles. The highest BCUT2D eigenvalue weighted by Gasteiger charge is 2.36. The molecule has 0 aromatic carbocycles. The van der Waals surface area contributed by atoms with Crippen molar-refractivity contribution in [3.63, 3.8) is 0 Å². The Balaban J connectivity index is 0.0000000911. The summed E-state index contributed by atoms with van der Waals surface area (Å²) in [5.74, 6) is 2.15. The summed E-state index contributed by atoms with van der Waals surface area (Å²) in [5, 5.41) is 0. The minimum atomic E-state index is 0.972. The summed E-state index contributed by atoms with van der Waals surface area (Å²) in [6.07, 6.45) is 14.9. The summed E-state index contributed by atoms with van der Waals surface area (Å²) >= 11 is 0. The molecule has 4 heterocycles. The maximum absolute atomic E-state index is 2.56. The summed E-state index contributed by atoms with van der Waals surface area (Å²) in [6, 6.07) is 3.89. The SMILES string of the molecule is CN1C2CCC1CC2.CN1CC2CCC1C2.CN1CC2CCC1C2. The maximum Gasteiger partial charge on any atom is 0.00963 e. The van der Waals surface area contributed by atoms with Crippen LogP contribution in [0.15, 0.2) is 0 Å². The van der Waals surface area contributed by atoms with Gasteiger partial charge in [0, 0.05) is 37.3 Å². The normalized spacial score (nSPS) is 46.1. The van der Waals surface area contributed by atoms with Crippen LogP contribution in [0.4, 0.5) is 0 Å². The number of piperidine rings is 2. The molecule has 0 aromatic rings. The lowest BCUT2D eigenvalue weighted by atomic mass is 10.0. The van der Waals surface area contributed by atoms with Crippen LogP contribution in [-0.2, 0) is 0 Å². The summed E-state index contributed by atoms with van der Waals surface area (Å²) in [6.45, 7) is 2.76. The van der Waals surface area contributed by atoms with Crippen LogP contribution in [0.2, 0.25) is 0 Å². The van der Waals surface area contributed by atoms with Crippen molar-refractivity contribution in [3.8, 4) is 0 Å². The van der Waals surface area contributed by atoms with Gasteiger partial charge in [-0.05, 0) is 97.2 Å². The van der Waals surface area contributed by atoms with Gasteiger partial charge in [-0.25, -0.2) is 0 Å². The average molecular weight is 334 g/mol. The quantitative estimate of drug-likeness (QED) is 0.672. The van der Waals surface area contributed by atoms with Crippen molar-refractivity contribution in [1.29, 1.82) is 0 Å². The van der Waals surface area contributed by atoms with Crippen LogP contribution in [-0.4, -0.2) is 73.1 Å². The number of rotatable bonds is 0. The molecule has 138 valence electrons. The van der Waals surface area contributed by atoms with Crippen LogP contribution in [0.1, 0.15) is 64.2 Å². The average Bonchev–Trinajstić information content (AvgIpc) is 3.39. The first-order valence-electron chi connectivity index (χ1n) is 10.7. The van der Waals surface area contributed by atoms with E-state index in [1.54, 1.807) is 0 Å². The van der Waals surface area contributed by atoms with Crippen LogP contribution in [0, 0.1) is 11.8 Å². The van der Waals surface area contributed by atoms with Gasteiger partial charge in [-0.1, -0.05) is 0 Å². The summed E-state index contributed by atoms with van der Waals surface area (Å²) in [4.78, 5) is 7.57. The van der Waals surface area contributed by atoms with E-state index in [4.69, 9.17) is 0 Å². The van der Waals surface area contributed by atoms with Gasteiger partial charge in [-0.2, -0.15) is 0 Å². The number of hydrogen-bond donors (Lipinski definition) is 0. The largest absolute Gasteiger partial charge is 0.303 e. The molecule has 3 heteroatoms. The van der Waals surface area contributed by atoms with Crippen molar-refractivity contribution in [2.75, 3.05) is 34.2 Å². The van der Waals surface area contributed by atoms with E-state index in [2.05, 4.69) is 35.8 Å². The van der Waals surface area contributed by atoms with Crippen molar-refractivity contribution < 1.29 is 0 Å². The van der Waals surface area contributed by atoms with Gasteiger partial charge < -0.3 is 14.7 Å². The van der Waals surface area contributed by atoms with Gasteiger partial charge in [0.1, 0.15) is 0 Å². The molecule has 24 heavy (non-hydrogen) atoms. The second-order valence-electron chi connectivity index (χ2n) is 9.67. The second kappa shape index (κ2) is 7.25. The molecule has 6 rings (SSSR count). The van der Waals surface area contributed by atoms with Crippen LogP contribution in [0.5, 0.6) is 0 Å². The molecule has 6 fully saturated rings. The first-order valence-corrected chi connectivity index (χ1v) is 10.7. The third-order valence-corrected chi connectivity index (χ3v) is 8.18. The highest BCUT2D eigenvalue weighted by molar-refractivity contribution is 4.92. The van der Waals surface area contributed by atoms with Crippen LogP contribution < -0.4 is 0 Å². The van der Waals surface area contributed by atoms with E-state index < -0.39 is 0 Å². The van der Waals surface area contributed by atoms with Crippen LogP contribution in [0.3, 0.4) is 0 Å². The highest BCUT2D eigenvalue weighted by Crippen LogP contribution is 2.37. The van der Waals surface area contributed by atoms with E-state index in [1.165, 1.54) is 77.3 Å². The second-order valence-corrected chi connectivity index (χ2v) is 9.67. The molecule has 4 aliphatic heterocycles. The fourth-order valence-electron chi connectivity index (χ4n) is 6.51. The van der Waals surface area contributed by atoms with Gasteiger partial charge in [0.25, 0.3) is 0 Å². The third kappa shape index (κ3) is 3.54. The van der Waals surface area contributed by atoms with E-state index in [0.717, 1.165) is 36.0 Å². The third-order valence-electron chi connectivity index (χ3n) is 8.18. The minimum Gasteiger partial charge on any atom is -0.303 e. The number of fused-ring (bicyclic) bond motifs is 6. The first kappa shape index (κ1) is 17.3. The molecular formula is C21H39N3. The molecule has 4 saturated heterocycles. The predicted octanol–water partition coefficient (Wildman–Crippen LogP) is 3.44.